The number of halogens is 3. The fraction of sp³-hybridized carbons (Fsp3) is 0.241. The molecule has 6 rings (SSSR count). The van der Waals surface area contributed by atoms with Crippen molar-refractivity contribution in [3.8, 4) is 34.7 Å². The molecule has 1 N–H and O–H groups in total. The highest BCUT2D eigenvalue weighted by molar-refractivity contribution is 6.10. The van der Waals surface area contributed by atoms with Crippen molar-refractivity contribution in [2.45, 2.75) is 37.5 Å². The van der Waals surface area contributed by atoms with Crippen LogP contribution >= 0.6 is 0 Å². The van der Waals surface area contributed by atoms with Gasteiger partial charge in [-0.2, -0.15) is 23.7 Å². The number of hydrogen-bond acceptors (Lipinski definition) is 7. The van der Waals surface area contributed by atoms with Crippen LogP contribution in [0.1, 0.15) is 46.3 Å². The molecule has 1 aliphatic carbocycles. The number of amides is 1. The summed E-state index contributed by atoms with van der Waals surface area (Å²) in [6, 6.07) is 16.3. The first-order valence-corrected chi connectivity index (χ1v) is 12.7. The van der Waals surface area contributed by atoms with Crippen LogP contribution in [0, 0.1) is 22.7 Å². The van der Waals surface area contributed by atoms with Gasteiger partial charge in [-0.15, -0.1) is 10.2 Å². The number of nitrogens with one attached hydrogen (secondary N) is 1. The number of aromatic nitrogens is 4. The summed E-state index contributed by atoms with van der Waals surface area (Å²) in [7, 11) is 1.78. The molecule has 3 heterocycles. The van der Waals surface area contributed by atoms with E-state index in [0.29, 0.717) is 33.9 Å². The lowest BCUT2D eigenvalue weighted by molar-refractivity contribution is -0.138. The number of benzene rings is 2. The lowest BCUT2D eigenvalue weighted by Crippen LogP contribution is -2.26. The zero-order valence-corrected chi connectivity index (χ0v) is 21.7. The van der Waals surface area contributed by atoms with E-state index in [2.05, 4.69) is 32.6 Å². The van der Waals surface area contributed by atoms with Gasteiger partial charge in [-0.3, -0.25) is 9.69 Å². The zero-order valence-electron chi connectivity index (χ0n) is 21.7. The van der Waals surface area contributed by atoms with E-state index in [4.69, 9.17) is 0 Å². The predicted octanol–water partition coefficient (Wildman–Crippen LogP) is 5.45. The van der Waals surface area contributed by atoms with E-state index < -0.39 is 23.2 Å². The zero-order chi connectivity index (χ0) is 28.9. The maximum absolute atomic E-state index is 13.8. The molecule has 1 amide bonds. The van der Waals surface area contributed by atoms with E-state index >= 15 is 0 Å². The largest absolute Gasteiger partial charge is 0.416 e. The summed E-state index contributed by atoms with van der Waals surface area (Å²) < 4.78 is 43.0. The van der Waals surface area contributed by atoms with Gasteiger partial charge in [0.25, 0.3) is 5.91 Å². The Kier molecular flexibility index (Phi) is 6.00. The molecular formula is C29H21F3N8O. The number of hydrogen-bond donors (Lipinski definition) is 1. The highest BCUT2D eigenvalue weighted by Crippen LogP contribution is 2.44. The van der Waals surface area contributed by atoms with Crippen LogP contribution in [0.25, 0.3) is 22.5 Å². The summed E-state index contributed by atoms with van der Waals surface area (Å²) in [5.41, 5.74) is 0.703. The van der Waals surface area contributed by atoms with Gasteiger partial charge in [0.15, 0.2) is 5.82 Å². The summed E-state index contributed by atoms with van der Waals surface area (Å²) in [6.07, 6.45) is -1.34. The molecule has 1 saturated carbocycles. The summed E-state index contributed by atoms with van der Waals surface area (Å²) >= 11 is 0. The molecule has 0 bridgehead atoms. The molecule has 12 heteroatoms. The molecule has 0 atom stereocenters. The molecule has 204 valence electrons. The monoisotopic (exact) mass is 554 g/mol. The minimum Gasteiger partial charge on any atom is -0.364 e. The van der Waals surface area contributed by atoms with Crippen LogP contribution in [-0.4, -0.2) is 31.2 Å². The third-order valence-electron chi connectivity index (χ3n) is 7.44. The van der Waals surface area contributed by atoms with E-state index in [1.807, 2.05) is 0 Å². The lowest BCUT2D eigenvalue weighted by Gasteiger charge is -2.21. The second-order valence-electron chi connectivity index (χ2n) is 10.2. The quantitative estimate of drug-likeness (QED) is 0.336. The number of pyridine rings is 1. The van der Waals surface area contributed by atoms with E-state index in [9.17, 15) is 28.5 Å². The predicted molar refractivity (Wildman–Crippen MR) is 142 cm³/mol. The van der Waals surface area contributed by atoms with Crippen LogP contribution in [0.3, 0.4) is 0 Å². The number of alkyl halides is 3. The second kappa shape index (κ2) is 9.45. The number of nitriles is 2. The fourth-order valence-corrected chi connectivity index (χ4v) is 5.15. The van der Waals surface area contributed by atoms with Gasteiger partial charge < -0.3 is 9.88 Å². The molecule has 0 spiro atoms. The average Bonchev–Trinajstić information content (AvgIpc) is 3.41. The Morgan fingerprint density at radius 1 is 1.07 bits per heavy atom. The Hall–Kier alpha value is -5.23. The fourth-order valence-electron chi connectivity index (χ4n) is 5.15. The molecule has 1 aliphatic heterocycles. The van der Waals surface area contributed by atoms with Crippen molar-refractivity contribution in [3.05, 3.63) is 77.1 Å². The van der Waals surface area contributed by atoms with Crippen molar-refractivity contribution in [1.82, 2.24) is 19.7 Å². The number of carbonyl (C=O) groups excluding carboxylic acids is 1. The van der Waals surface area contributed by atoms with Crippen LogP contribution in [-0.2, 0) is 19.8 Å². The Balaban J connectivity index is 1.51. The topological polar surface area (TPSA) is 124 Å². The van der Waals surface area contributed by atoms with Crippen LogP contribution in [0.4, 0.5) is 24.8 Å². The molecule has 0 unspecified atom stereocenters. The summed E-state index contributed by atoms with van der Waals surface area (Å²) in [5.74, 6) is 0.425. The molecule has 4 aromatic rings. The van der Waals surface area contributed by atoms with Crippen molar-refractivity contribution in [2.75, 3.05) is 10.2 Å². The molecular weight excluding hydrogens is 533 g/mol. The van der Waals surface area contributed by atoms with Crippen LogP contribution in [0.5, 0.6) is 0 Å². The van der Waals surface area contributed by atoms with Gasteiger partial charge in [0.05, 0.1) is 41.8 Å². The number of nitrogens with zero attached hydrogens (tertiary/aromatic N) is 7. The first-order valence-electron chi connectivity index (χ1n) is 12.7. The Labute approximate surface area is 232 Å². The van der Waals surface area contributed by atoms with Gasteiger partial charge in [-0.25, -0.2) is 4.98 Å². The van der Waals surface area contributed by atoms with Gasteiger partial charge in [-0.05, 0) is 72.0 Å². The molecule has 2 aromatic carbocycles. The lowest BCUT2D eigenvalue weighted by atomic mass is 9.97. The van der Waals surface area contributed by atoms with Crippen LogP contribution in [0.2, 0.25) is 0 Å². The maximum Gasteiger partial charge on any atom is 0.416 e. The van der Waals surface area contributed by atoms with Crippen molar-refractivity contribution in [2.24, 2.45) is 7.05 Å². The third kappa shape index (κ3) is 4.63. The normalized spacial score (nSPS) is 15.3. The number of fused-ring (bicyclic) bond motifs is 1. The number of anilines is 2. The molecule has 1 fully saturated rings. The van der Waals surface area contributed by atoms with E-state index in [1.54, 1.807) is 48.3 Å². The smallest absolute Gasteiger partial charge is 0.364 e. The van der Waals surface area contributed by atoms with Gasteiger partial charge in [0.2, 0.25) is 0 Å². The van der Waals surface area contributed by atoms with Gasteiger partial charge in [-0.1, -0.05) is 6.07 Å². The SMILES string of the molecule is Cn1cnnc1-c1ccc(C#N)cc1-c1cc(NC2(CC#N)CC2)nc(N2Cc3c(cccc3C(F)(F)F)C2=O)c1. The first-order chi connectivity index (χ1) is 19.6. The van der Waals surface area contributed by atoms with Crippen molar-refractivity contribution < 1.29 is 18.0 Å². The van der Waals surface area contributed by atoms with Crippen LogP contribution in [0.15, 0.2) is 54.9 Å². The van der Waals surface area contributed by atoms with E-state index in [-0.39, 0.29) is 29.9 Å². The van der Waals surface area contributed by atoms with E-state index in [1.165, 1.54) is 17.0 Å². The Morgan fingerprint density at radius 3 is 2.54 bits per heavy atom. The molecule has 41 heavy (non-hydrogen) atoms. The second-order valence-corrected chi connectivity index (χ2v) is 10.2. The molecule has 2 aliphatic rings. The van der Waals surface area contributed by atoms with Crippen molar-refractivity contribution >= 4 is 17.5 Å². The van der Waals surface area contributed by atoms with Crippen molar-refractivity contribution in [1.29, 1.82) is 10.5 Å². The van der Waals surface area contributed by atoms with Gasteiger partial charge >= 0.3 is 6.18 Å². The first kappa shape index (κ1) is 26.0. The number of aryl methyl sites for hydroxylation is 1. The minimum atomic E-state index is -4.62. The summed E-state index contributed by atoms with van der Waals surface area (Å²) in [5, 5.41) is 30.4. The average molecular weight is 555 g/mol. The highest BCUT2D eigenvalue weighted by Gasteiger charge is 2.43. The number of rotatable bonds is 6. The van der Waals surface area contributed by atoms with E-state index in [0.717, 1.165) is 18.9 Å². The van der Waals surface area contributed by atoms with Gasteiger partial charge in [0.1, 0.15) is 18.0 Å². The molecule has 0 saturated heterocycles. The standard InChI is InChI=1S/C29H21F3N8O/c1-39-16-35-38-26(39)19-6-5-17(14-34)11-21(19)18-12-24(37-28(7-8-28)9-10-33)36-25(13-18)40-15-22-20(27(40)41)3-2-4-23(22)29(30,31)32/h2-6,11-13,16H,7-9,15H2,1H3,(H,36,37). The Bertz CT molecular complexity index is 1790. The maximum atomic E-state index is 13.8. The number of carbonyl (C=O) groups is 1. The molecule has 0 radical (unpaired) electrons. The van der Waals surface area contributed by atoms with Gasteiger partial charge in [0, 0.05) is 18.2 Å². The van der Waals surface area contributed by atoms with Crippen molar-refractivity contribution in [3.63, 3.8) is 0 Å². The highest BCUT2D eigenvalue weighted by atomic mass is 19.4. The summed E-state index contributed by atoms with van der Waals surface area (Å²) in [4.78, 5) is 19.3. The minimum absolute atomic E-state index is 0.0315. The summed E-state index contributed by atoms with van der Waals surface area (Å²) in [6.45, 7) is -0.308. The van der Waals surface area contributed by atoms with Crippen LogP contribution < -0.4 is 10.2 Å². The third-order valence-corrected chi connectivity index (χ3v) is 7.44. The Morgan fingerprint density at radius 2 is 1.88 bits per heavy atom. The molecule has 9 nitrogen and oxygen atoms in total. The molecule has 2 aromatic heterocycles.